The van der Waals surface area contributed by atoms with Crippen LogP contribution in [0.25, 0.3) is 6.08 Å². The second-order valence-corrected chi connectivity index (χ2v) is 4.57. The van der Waals surface area contributed by atoms with Crippen LogP contribution in [0.2, 0.25) is 0 Å². The van der Waals surface area contributed by atoms with E-state index in [9.17, 15) is 4.79 Å². The third kappa shape index (κ3) is 4.09. The Kier molecular flexibility index (Phi) is 5.55. The highest BCUT2D eigenvalue weighted by molar-refractivity contribution is 6.06. The largest absolute Gasteiger partial charge is 0.493 e. The van der Waals surface area contributed by atoms with E-state index in [1.807, 2.05) is 36.4 Å². The Morgan fingerprint density at radius 1 is 1.14 bits per heavy atom. The lowest BCUT2D eigenvalue weighted by Crippen LogP contribution is -1.96. The van der Waals surface area contributed by atoms with Gasteiger partial charge in [0.15, 0.2) is 17.3 Å². The second kappa shape index (κ2) is 7.84. The summed E-state index contributed by atoms with van der Waals surface area (Å²) in [5.41, 5.74) is 1.53. The maximum atomic E-state index is 12.0. The molecule has 3 nitrogen and oxygen atoms in total. The molecule has 0 radical (unpaired) electrons. The lowest BCUT2D eigenvalue weighted by atomic mass is 10.1. The molecule has 0 saturated heterocycles. The maximum Gasteiger partial charge on any atom is 0.185 e. The molecule has 0 aliphatic rings. The quantitative estimate of drug-likeness (QED) is 0.437. The van der Waals surface area contributed by atoms with Crippen molar-refractivity contribution in [2.24, 2.45) is 0 Å². The summed E-state index contributed by atoms with van der Waals surface area (Å²) >= 11 is 0. The van der Waals surface area contributed by atoms with Crippen LogP contribution < -0.4 is 9.47 Å². The highest BCUT2D eigenvalue weighted by atomic mass is 16.5. The van der Waals surface area contributed by atoms with Crippen molar-refractivity contribution in [2.45, 2.75) is 0 Å². The first kappa shape index (κ1) is 15.6. The van der Waals surface area contributed by atoms with Gasteiger partial charge < -0.3 is 9.47 Å². The molecule has 0 atom stereocenters. The van der Waals surface area contributed by atoms with Gasteiger partial charge in [-0.2, -0.15) is 0 Å². The molecule has 0 fully saturated rings. The fourth-order valence-electron chi connectivity index (χ4n) is 1.93. The van der Waals surface area contributed by atoms with Gasteiger partial charge in [-0.05, 0) is 23.8 Å². The Morgan fingerprint density at radius 3 is 2.59 bits per heavy atom. The zero-order chi connectivity index (χ0) is 15.8. The highest BCUT2D eigenvalue weighted by Gasteiger charge is 2.05. The number of carbonyl (C=O) groups is 1. The molecule has 0 spiro atoms. The SMILES string of the molecule is C=CCOc1ccc(/C=C/C(=O)c2ccccc2)cc1OC. The molecule has 0 bridgehead atoms. The molecule has 0 aliphatic heterocycles. The van der Waals surface area contributed by atoms with Crippen LogP contribution in [0, 0.1) is 0 Å². The Bertz CT molecular complexity index is 672. The number of carbonyl (C=O) groups excluding carboxylic acids is 1. The normalized spacial score (nSPS) is 10.4. The minimum absolute atomic E-state index is 0.0356. The van der Waals surface area contributed by atoms with E-state index in [0.29, 0.717) is 23.7 Å². The third-order valence-corrected chi connectivity index (χ3v) is 3.03. The van der Waals surface area contributed by atoms with Gasteiger partial charge in [0.1, 0.15) is 6.61 Å². The van der Waals surface area contributed by atoms with Gasteiger partial charge in [0.25, 0.3) is 0 Å². The molecule has 2 aromatic carbocycles. The molecule has 2 aromatic rings. The van der Waals surface area contributed by atoms with Crippen molar-refractivity contribution in [3.8, 4) is 11.5 Å². The Hall–Kier alpha value is -2.81. The van der Waals surface area contributed by atoms with Crippen molar-refractivity contribution in [2.75, 3.05) is 13.7 Å². The van der Waals surface area contributed by atoms with Crippen LogP contribution in [0.4, 0.5) is 0 Å². The zero-order valence-electron chi connectivity index (χ0n) is 12.5. The average molecular weight is 294 g/mol. The van der Waals surface area contributed by atoms with E-state index in [1.165, 1.54) is 0 Å². The Balaban J connectivity index is 2.14. The van der Waals surface area contributed by atoms with E-state index in [1.54, 1.807) is 37.5 Å². The summed E-state index contributed by atoms with van der Waals surface area (Å²) in [7, 11) is 1.58. The molecule has 2 rings (SSSR count). The summed E-state index contributed by atoms with van der Waals surface area (Å²) in [4.78, 5) is 12.0. The van der Waals surface area contributed by atoms with E-state index in [4.69, 9.17) is 9.47 Å². The van der Waals surface area contributed by atoms with Crippen molar-refractivity contribution < 1.29 is 14.3 Å². The van der Waals surface area contributed by atoms with Crippen molar-refractivity contribution in [3.63, 3.8) is 0 Å². The number of hydrogen-bond acceptors (Lipinski definition) is 3. The highest BCUT2D eigenvalue weighted by Crippen LogP contribution is 2.28. The topological polar surface area (TPSA) is 35.5 Å². The monoisotopic (exact) mass is 294 g/mol. The van der Waals surface area contributed by atoms with Crippen LogP contribution in [0.5, 0.6) is 11.5 Å². The first-order chi connectivity index (χ1) is 10.7. The Morgan fingerprint density at radius 2 is 1.91 bits per heavy atom. The molecule has 0 aliphatic carbocycles. The van der Waals surface area contributed by atoms with Crippen molar-refractivity contribution in [1.29, 1.82) is 0 Å². The zero-order valence-corrected chi connectivity index (χ0v) is 12.5. The number of methoxy groups -OCH3 is 1. The van der Waals surface area contributed by atoms with Gasteiger partial charge >= 0.3 is 0 Å². The van der Waals surface area contributed by atoms with Gasteiger partial charge in [0.05, 0.1) is 7.11 Å². The van der Waals surface area contributed by atoms with E-state index in [0.717, 1.165) is 5.56 Å². The van der Waals surface area contributed by atoms with Crippen LogP contribution in [-0.4, -0.2) is 19.5 Å². The molecular formula is C19H18O3. The summed E-state index contributed by atoms with van der Waals surface area (Å²) < 4.78 is 10.8. The van der Waals surface area contributed by atoms with E-state index in [-0.39, 0.29) is 5.78 Å². The fourth-order valence-corrected chi connectivity index (χ4v) is 1.93. The molecule has 0 heterocycles. The first-order valence-corrected chi connectivity index (χ1v) is 6.94. The minimum Gasteiger partial charge on any atom is -0.493 e. The summed E-state index contributed by atoms with van der Waals surface area (Å²) in [5, 5.41) is 0. The van der Waals surface area contributed by atoms with Gasteiger partial charge in [0.2, 0.25) is 0 Å². The standard InChI is InChI=1S/C19H18O3/c1-3-13-22-18-12-10-15(14-19(18)21-2)9-11-17(20)16-7-5-4-6-8-16/h3-12,14H,1,13H2,2H3/b11-9+. The van der Waals surface area contributed by atoms with E-state index < -0.39 is 0 Å². The van der Waals surface area contributed by atoms with Crippen molar-refractivity contribution >= 4 is 11.9 Å². The number of ketones is 1. The molecule has 0 N–H and O–H groups in total. The van der Waals surface area contributed by atoms with Gasteiger partial charge in [-0.1, -0.05) is 55.1 Å². The summed E-state index contributed by atoms with van der Waals surface area (Å²) in [6, 6.07) is 14.7. The summed E-state index contributed by atoms with van der Waals surface area (Å²) in [6.07, 6.45) is 4.98. The molecule has 3 heteroatoms. The predicted molar refractivity (Wildman–Crippen MR) is 88.5 cm³/mol. The average Bonchev–Trinajstić information content (AvgIpc) is 2.58. The molecule has 0 aromatic heterocycles. The number of allylic oxidation sites excluding steroid dienone is 1. The van der Waals surface area contributed by atoms with Crippen molar-refractivity contribution in [3.05, 3.63) is 78.4 Å². The van der Waals surface area contributed by atoms with Crippen LogP contribution in [0.1, 0.15) is 15.9 Å². The number of ether oxygens (including phenoxy) is 2. The van der Waals surface area contributed by atoms with Gasteiger partial charge in [-0.15, -0.1) is 0 Å². The van der Waals surface area contributed by atoms with E-state index >= 15 is 0 Å². The first-order valence-electron chi connectivity index (χ1n) is 6.94. The third-order valence-electron chi connectivity index (χ3n) is 3.03. The predicted octanol–water partition coefficient (Wildman–Crippen LogP) is 4.16. The summed E-state index contributed by atoms with van der Waals surface area (Å²) in [6.45, 7) is 4.03. The fraction of sp³-hybridized carbons (Fsp3) is 0.105. The van der Waals surface area contributed by atoms with E-state index in [2.05, 4.69) is 6.58 Å². The molecule has 0 amide bonds. The lowest BCUT2D eigenvalue weighted by molar-refractivity contribution is 0.104. The Labute approximate surface area is 130 Å². The molecule has 22 heavy (non-hydrogen) atoms. The molecule has 112 valence electrons. The number of rotatable bonds is 7. The van der Waals surface area contributed by atoms with Crippen LogP contribution in [0.3, 0.4) is 0 Å². The van der Waals surface area contributed by atoms with Gasteiger partial charge in [0, 0.05) is 5.56 Å². The maximum absolute atomic E-state index is 12.0. The molecular weight excluding hydrogens is 276 g/mol. The van der Waals surface area contributed by atoms with Crippen LogP contribution in [0.15, 0.2) is 67.3 Å². The second-order valence-electron chi connectivity index (χ2n) is 4.57. The molecule has 0 saturated carbocycles. The van der Waals surface area contributed by atoms with Crippen molar-refractivity contribution in [1.82, 2.24) is 0 Å². The summed E-state index contributed by atoms with van der Waals surface area (Å²) in [5.74, 6) is 1.23. The smallest absolute Gasteiger partial charge is 0.185 e. The van der Waals surface area contributed by atoms with Crippen LogP contribution in [-0.2, 0) is 0 Å². The minimum atomic E-state index is -0.0356. The number of benzene rings is 2. The lowest BCUT2D eigenvalue weighted by Gasteiger charge is -2.09. The van der Waals surface area contributed by atoms with Gasteiger partial charge in [-0.25, -0.2) is 0 Å². The number of hydrogen-bond donors (Lipinski definition) is 0. The van der Waals surface area contributed by atoms with Gasteiger partial charge in [-0.3, -0.25) is 4.79 Å². The van der Waals surface area contributed by atoms with Crippen LogP contribution >= 0.6 is 0 Å². The molecule has 0 unspecified atom stereocenters.